The molecule has 0 aromatic heterocycles. The molecule has 1 atom stereocenters. The number of carbonyl (C=O) groups excluding carboxylic acids is 1. The minimum absolute atomic E-state index is 0.165. The van der Waals surface area contributed by atoms with E-state index in [1.54, 1.807) is 0 Å². The third-order valence-corrected chi connectivity index (χ3v) is 2.63. The smallest absolute Gasteiger partial charge is 0.241 e. The zero-order valence-corrected chi connectivity index (χ0v) is 11.3. The molecule has 18 heavy (non-hydrogen) atoms. The maximum Gasteiger partial charge on any atom is 0.241 e. The van der Waals surface area contributed by atoms with Crippen LogP contribution < -0.4 is 15.8 Å². The van der Waals surface area contributed by atoms with Crippen molar-refractivity contribution in [1.82, 2.24) is 0 Å². The Labute approximate surface area is 109 Å². The van der Waals surface area contributed by atoms with E-state index in [0.29, 0.717) is 24.5 Å². The molecule has 1 aromatic rings. The Morgan fingerprint density at radius 2 is 2.17 bits per heavy atom. The van der Waals surface area contributed by atoms with Gasteiger partial charge in [-0.15, -0.1) is 0 Å². The van der Waals surface area contributed by atoms with Gasteiger partial charge >= 0.3 is 0 Å². The normalized spacial score (nSPS) is 12.0. The topological polar surface area (TPSA) is 64.4 Å². The van der Waals surface area contributed by atoms with Crippen molar-refractivity contribution in [3.05, 3.63) is 23.8 Å². The van der Waals surface area contributed by atoms with Crippen LogP contribution in [-0.2, 0) is 4.79 Å². The molecular formula is C14H22N2O2. The molecule has 4 nitrogen and oxygen atoms in total. The van der Waals surface area contributed by atoms with E-state index in [1.165, 1.54) is 0 Å². The Kier molecular flexibility index (Phi) is 5.65. The lowest BCUT2D eigenvalue weighted by Gasteiger charge is -2.15. The number of aryl methyl sites for hydroxylation is 1. The highest BCUT2D eigenvalue weighted by molar-refractivity contribution is 5.95. The predicted octanol–water partition coefficient (Wildman–Crippen LogP) is 2.46. The van der Waals surface area contributed by atoms with Gasteiger partial charge in [-0.2, -0.15) is 0 Å². The van der Waals surface area contributed by atoms with Gasteiger partial charge in [-0.25, -0.2) is 0 Å². The molecule has 0 aliphatic carbocycles. The third kappa shape index (κ3) is 4.04. The van der Waals surface area contributed by atoms with Crippen molar-refractivity contribution in [1.29, 1.82) is 0 Å². The summed E-state index contributed by atoms with van der Waals surface area (Å²) >= 11 is 0. The second-order valence-electron chi connectivity index (χ2n) is 4.32. The first-order chi connectivity index (χ1) is 8.58. The van der Waals surface area contributed by atoms with E-state index in [2.05, 4.69) is 5.32 Å². The minimum atomic E-state index is -0.467. The summed E-state index contributed by atoms with van der Waals surface area (Å²) in [5.74, 6) is 0.524. The van der Waals surface area contributed by atoms with Gasteiger partial charge in [0.1, 0.15) is 5.75 Å². The number of carbonyl (C=O) groups is 1. The zero-order valence-electron chi connectivity index (χ0n) is 11.3. The maximum atomic E-state index is 11.9. The van der Waals surface area contributed by atoms with E-state index in [9.17, 15) is 4.79 Å². The maximum absolute atomic E-state index is 11.9. The molecule has 3 N–H and O–H groups in total. The highest BCUT2D eigenvalue weighted by atomic mass is 16.5. The molecule has 0 heterocycles. The second kappa shape index (κ2) is 7.01. The molecule has 1 unspecified atom stereocenters. The summed E-state index contributed by atoms with van der Waals surface area (Å²) in [6, 6.07) is 5.22. The standard InChI is InChI=1S/C14H22N2O2/c1-4-6-11(15)14(17)16-12-8-7-10(3)9-13(12)18-5-2/h7-9,11H,4-6,15H2,1-3H3,(H,16,17). The van der Waals surface area contributed by atoms with Gasteiger partial charge in [-0.1, -0.05) is 19.4 Å². The average Bonchev–Trinajstić information content (AvgIpc) is 2.33. The first kappa shape index (κ1) is 14.5. The average molecular weight is 250 g/mol. The van der Waals surface area contributed by atoms with Crippen molar-refractivity contribution >= 4 is 11.6 Å². The van der Waals surface area contributed by atoms with Gasteiger partial charge < -0.3 is 15.8 Å². The van der Waals surface area contributed by atoms with Crippen molar-refractivity contribution in [2.45, 2.75) is 39.7 Å². The van der Waals surface area contributed by atoms with Crippen molar-refractivity contribution < 1.29 is 9.53 Å². The quantitative estimate of drug-likeness (QED) is 0.815. The first-order valence-corrected chi connectivity index (χ1v) is 6.38. The lowest BCUT2D eigenvalue weighted by atomic mass is 10.1. The molecule has 1 amide bonds. The van der Waals surface area contributed by atoms with Crippen LogP contribution in [0.25, 0.3) is 0 Å². The molecule has 0 bridgehead atoms. The summed E-state index contributed by atoms with van der Waals surface area (Å²) < 4.78 is 5.50. The van der Waals surface area contributed by atoms with Crippen LogP contribution in [0, 0.1) is 6.92 Å². The summed E-state index contributed by atoms with van der Waals surface area (Å²) in [5.41, 5.74) is 7.55. The molecule has 0 saturated heterocycles. The SMILES string of the molecule is CCCC(N)C(=O)Nc1ccc(C)cc1OCC. The summed E-state index contributed by atoms with van der Waals surface area (Å²) in [5, 5.41) is 2.82. The largest absolute Gasteiger partial charge is 0.492 e. The number of hydrogen-bond donors (Lipinski definition) is 2. The van der Waals surface area contributed by atoms with E-state index in [-0.39, 0.29) is 5.91 Å². The van der Waals surface area contributed by atoms with Crippen LogP contribution >= 0.6 is 0 Å². The number of hydrogen-bond acceptors (Lipinski definition) is 3. The van der Waals surface area contributed by atoms with Gasteiger partial charge in [0.2, 0.25) is 5.91 Å². The van der Waals surface area contributed by atoms with Crippen LogP contribution in [0.5, 0.6) is 5.75 Å². The number of benzene rings is 1. The molecule has 0 spiro atoms. The molecule has 4 heteroatoms. The number of amides is 1. The Bertz CT molecular complexity index is 405. The monoisotopic (exact) mass is 250 g/mol. The Morgan fingerprint density at radius 1 is 1.44 bits per heavy atom. The molecule has 1 aromatic carbocycles. The Hall–Kier alpha value is -1.55. The van der Waals surface area contributed by atoms with Gasteiger partial charge in [0, 0.05) is 0 Å². The number of ether oxygens (including phenoxy) is 1. The Balaban J connectivity index is 2.80. The molecule has 0 saturated carbocycles. The fourth-order valence-corrected chi connectivity index (χ4v) is 1.68. The third-order valence-electron chi connectivity index (χ3n) is 2.63. The molecule has 1 rings (SSSR count). The van der Waals surface area contributed by atoms with Crippen LogP contribution in [0.15, 0.2) is 18.2 Å². The molecule has 0 aliphatic heterocycles. The molecule has 0 aliphatic rings. The fourth-order valence-electron chi connectivity index (χ4n) is 1.68. The van der Waals surface area contributed by atoms with Crippen LogP contribution in [0.4, 0.5) is 5.69 Å². The lowest BCUT2D eigenvalue weighted by molar-refractivity contribution is -0.117. The van der Waals surface area contributed by atoms with Crippen molar-refractivity contribution in [2.75, 3.05) is 11.9 Å². The summed E-state index contributed by atoms with van der Waals surface area (Å²) in [7, 11) is 0. The van der Waals surface area contributed by atoms with E-state index in [0.717, 1.165) is 12.0 Å². The number of anilines is 1. The van der Waals surface area contributed by atoms with Crippen molar-refractivity contribution in [2.24, 2.45) is 5.73 Å². The molecule has 100 valence electrons. The van der Waals surface area contributed by atoms with Crippen molar-refractivity contribution in [3.63, 3.8) is 0 Å². The van der Waals surface area contributed by atoms with Gasteiger partial charge in [0.25, 0.3) is 0 Å². The van der Waals surface area contributed by atoms with E-state index >= 15 is 0 Å². The van der Waals surface area contributed by atoms with Gasteiger partial charge in [0.15, 0.2) is 0 Å². The Morgan fingerprint density at radius 3 is 2.78 bits per heavy atom. The number of rotatable bonds is 6. The van der Waals surface area contributed by atoms with Crippen LogP contribution in [-0.4, -0.2) is 18.6 Å². The van der Waals surface area contributed by atoms with Crippen LogP contribution in [0.1, 0.15) is 32.3 Å². The highest BCUT2D eigenvalue weighted by Crippen LogP contribution is 2.25. The number of nitrogens with two attached hydrogens (primary N) is 1. The summed E-state index contributed by atoms with van der Waals surface area (Å²) in [6.07, 6.45) is 1.57. The second-order valence-corrected chi connectivity index (χ2v) is 4.32. The van der Waals surface area contributed by atoms with Crippen LogP contribution in [0.3, 0.4) is 0 Å². The van der Waals surface area contributed by atoms with Crippen molar-refractivity contribution in [3.8, 4) is 5.75 Å². The fraction of sp³-hybridized carbons (Fsp3) is 0.500. The molecular weight excluding hydrogens is 228 g/mol. The molecule has 0 radical (unpaired) electrons. The van der Waals surface area contributed by atoms with E-state index in [1.807, 2.05) is 39.0 Å². The van der Waals surface area contributed by atoms with Gasteiger partial charge in [-0.3, -0.25) is 4.79 Å². The van der Waals surface area contributed by atoms with Gasteiger partial charge in [-0.05, 0) is 38.0 Å². The van der Waals surface area contributed by atoms with Crippen LogP contribution in [0.2, 0.25) is 0 Å². The van der Waals surface area contributed by atoms with Gasteiger partial charge in [0.05, 0.1) is 18.3 Å². The predicted molar refractivity (Wildman–Crippen MR) is 73.9 cm³/mol. The lowest BCUT2D eigenvalue weighted by Crippen LogP contribution is -2.35. The first-order valence-electron chi connectivity index (χ1n) is 6.38. The molecule has 0 fully saturated rings. The highest BCUT2D eigenvalue weighted by Gasteiger charge is 2.14. The summed E-state index contributed by atoms with van der Waals surface area (Å²) in [6.45, 7) is 6.46. The van der Waals surface area contributed by atoms with E-state index in [4.69, 9.17) is 10.5 Å². The minimum Gasteiger partial charge on any atom is -0.492 e. The van der Waals surface area contributed by atoms with E-state index < -0.39 is 6.04 Å². The summed E-state index contributed by atoms with van der Waals surface area (Å²) in [4.78, 5) is 11.9. The number of nitrogens with one attached hydrogen (secondary N) is 1. The zero-order chi connectivity index (χ0) is 13.5.